The Kier molecular flexibility index (Phi) is 5.29. The first-order valence-electron chi connectivity index (χ1n) is 8.98. The summed E-state index contributed by atoms with van der Waals surface area (Å²) in [5.41, 5.74) is 1.00. The van der Waals surface area contributed by atoms with Crippen molar-refractivity contribution in [1.82, 2.24) is 19.2 Å². The number of hydrogen-bond donors (Lipinski definition) is 1. The molecule has 29 heavy (non-hydrogen) atoms. The molecular weight excluding hydrogens is 435 g/mol. The molecular formula is C19H18Cl2N4O3S. The van der Waals surface area contributed by atoms with Gasteiger partial charge in [0.1, 0.15) is 10.0 Å². The number of hydrogen-bond acceptors (Lipinski definition) is 4. The van der Waals surface area contributed by atoms with Crippen LogP contribution in [0.4, 0.5) is 0 Å². The summed E-state index contributed by atoms with van der Waals surface area (Å²) in [6, 6.07) is 10.1. The maximum atomic E-state index is 13.3. The van der Waals surface area contributed by atoms with Crippen molar-refractivity contribution in [2.24, 2.45) is 0 Å². The van der Waals surface area contributed by atoms with Gasteiger partial charge in [-0.3, -0.25) is 4.79 Å². The van der Waals surface area contributed by atoms with Gasteiger partial charge in [-0.2, -0.15) is 4.31 Å². The van der Waals surface area contributed by atoms with Gasteiger partial charge in [-0.15, -0.1) is 0 Å². The summed E-state index contributed by atoms with van der Waals surface area (Å²) in [6.07, 6.45) is 1.40. The van der Waals surface area contributed by atoms with Gasteiger partial charge in [0.15, 0.2) is 5.15 Å². The first-order chi connectivity index (χ1) is 13.8. The van der Waals surface area contributed by atoms with Crippen molar-refractivity contribution < 1.29 is 13.2 Å². The van der Waals surface area contributed by atoms with Gasteiger partial charge in [0.05, 0.1) is 5.52 Å². The molecule has 1 amide bonds. The summed E-state index contributed by atoms with van der Waals surface area (Å²) >= 11 is 12.0. The van der Waals surface area contributed by atoms with E-state index in [4.69, 9.17) is 23.2 Å². The molecule has 1 aliphatic rings. The third kappa shape index (κ3) is 3.61. The number of fused-ring (bicyclic) bond motifs is 1. The number of nitrogens with one attached hydrogen (secondary N) is 1. The molecule has 1 fully saturated rings. The SMILES string of the molecule is C[C@@H]1CN(C(=O)c2ccccc2)CCN1S(=O)(=O)c1c[nH]c2c(Cl)nc(Cl)cc12. The number of H-pyrrole nitrogens is 1. The highest BCUT2D eigenvalue weighted by Gasteiger charge is 2.36. The van der Waals surface area contributed by atoms with Gasteiger partial charge < -0.3 is 9.88 Å². The Morgan fingerprint density at radius 2 is 1.93 bits per heavy atom. The second kappa shape index (κ2) is 7.60. The summed E-state index contributed by atoms with van der Waals surface area (Å²) in [6.45, 7) is 2.60. The summed E-state index contributed by atoms with van der Waals surface area (Å²) in [5, 5.41) is 0.621. The molecule has 3 aromatic rings. The van der Waals surface area contributed by atoms with Gasteiger partial charge in [-0.1, -0.05) is 41.4 Å². The molecule has 4 rings (SSSR count). The number of sulfonamides is 1. The lowest BCUT2D eigenvalue weighted by atomic mass is 10.1. The number of nitrogens with zero attached hydrogens (tertiary/aromatic N) is 3. The van der Waals surface area contributed by atoms with E-state index in [0.29, 0.717) is 29.6 Å². The molecule has 0 unspecified atom stereocenters. The van der Waals surface area contributed by atoms with E-state index in [1.807, 2.05) is 6.07 Å². The van der Waals surface area contributed by atoms with E-state index in [1.54, 1.807) is 36.1 Å². The monoisotopic (exact) mass is 452 g/mol. The zero-order chi connectivity index (χ0) is 20.8. The van der Waals surface area contributed by atoms with E-state index in [0.717, 1.165) is 0 Å². The number of piperazine rings is 1. The molecule has 1 atom stereocenters. The van der Waals surface area contributed by atoms with Crippen molar-refractivity contribution >= 4 is 50.0 Å². The molecule has 3 heterocycles. The van der Waals surface area contributed by atoms with Gasteiger partial charge >= 0.3 is 0 Å². The zero-order valence-electron chi connectivity index (χ0n) is 15.5. The van der Waals surface area contributed by atoms with Crippen molar-refractivity contribution in [2.45, 2.75) is 17.9 Å². The highest BCUT2D eigenvalue weighted by Crippen LogP contribution is 2.32. The van der Waals surface area contributed by atoms with Crippen LogP contribution in [0.5, 0.6) is 0 Å². The Bertz CT molecular complexity index is 1180. The Morgan fingerprint density at radius 1 is 1.21 bits per heavy atom. The van der Waals surface area contributed by atoms with E-state index >= 15 is 0 Å². The lowest BCUT2D eigenvalue weighted by molar-refractivity contribution is 0.0642. The molecule has 7 nitrogen and oxygen atoms in total. The minimum atomic E-state index is -3.82. The third-order valence-electron chi connectivity index (χ3n) is 5.02. The van der Waals surface area contributed by atoms with Crippen LogP contribution in [0.15, 0.2) is 47.5 Å². The van der Waals surface area contributed by atoms with E-state index in [9.17, 15) is 13.2 Å². The van der Waals surface area contributed by atoms with Crippen LogP contribution < -0.4 is 0 Å². The summed E-state index contributed by atoms with van der Waals surface area (Å²) in [4.78, 5) is 21.3. The number of carbonyl (C=O) groups is 1. The van der Waals surface area contributed by atoms with Crippen molar-refractivity contribution in [1.29, 1.82) is 0 Å². The van der Waals surface area contributed by atoms with Crippen LogP contribution in [0.3, 0.4) is 0 Å². The van der Waals surface area contributed by atoms with Crippen LogP contribution in [0.1, 0.15) is 17.3 Å². The first-order valence-corrected chi connectivity index (χ1v) is 11.2. The molecule has 0 aliphatic carbocycles. The fraction of sp³-hybridized carbons (Fsp3) is 0.263. The number of aromatic amines is 1. The average molecular weight is 453 g/mol. The predicted octanol–water partition coefficient (Wildman–Crippen LogP) is 3.40. The predicted molar refractivity (Wildman–Crippen MR) is 112 cm³/mol. The van der Waals surface area contributed by atoms with Crippen molar-refractivity contribution in [2.75, 3.05) is 19.6 Å². The number of rotatable bonds is 3. The molecule has 1 aromatic carbocycles. The van der Waals surface area contributed by atoms with Crippen LogP contribution >= 0.6 is 23.2 Å². The third-order valence-corrected chi connectivity index (χ3v) is 7.54. The highest BCUT2D eigenvalue weighted by molar-refractivity contribution is 7.89. The van der Waals surface area contributed by atoms with E-state index in [-0.39, 0.29) is 33.7 Å². The lowest BCUT2D eigenvalue weighted by Crippen LogP contribution is -2.55. The Hall–Kier alpha value is -2.13. The molecule has 0 spiro atoms. The van der Waals surface area contributed by atoms with Crippen LogP contribution in [0.25, 0.3) is 10.9 Å². The molecule has 10 heteroatoms. The van der Waals surface area contributed by atoms with E-state index in [1.165, 1.54) is 16.6 Å². The minimum Gasteiger partial charge on any atom is -0.357 e. The average Bonchev–Trinajstić information content (AvgIpc) is 3.13. The molecule has 0 bridgehead atoms. The number of carbonyl (C=O) groups excluding carboxylic acids is 1. The molecule has 2 aromatic heterocycles. The first kappa shape index (κ1) is 20.2. The molecule has 0 radical (unpaired) electrons. The number of amides is 1. The number of pyridine rings is 1. The van der Waals surface area contributed by atoms with Gasteiger partial charge in [0.2, 0.25) is 10.0 Å². The number of aromatic nitrogens is 2. The highest BCUT2D eigenvalue weighted by atomic mass is 35.5. The van der Waals surface area contributed by atoms with Gasteiger partial charge in [-0.05, 0) is 25.1 Å². The topological polar surface area (TPSA) is 86.4 Å². The van der Waals surface area contributed by atoms with Crippen LogP contribution in [0.2, 0.25) is 10.3 Å². The fourth-order valence-corrected chi connectivity index (χ4v) is 5.86. The zero-order valence-corrected chi connectivity index (χ0v) is 17.8. The Balaban J connectivity index is 1.61. The number of benzene rings is 1. The quantitative estimate of drug-likeness (QED) is 0.616. The number of halogens is 2. The summed E-state index contributed by atoms with van der Waals surface area (Å²) < 4.78 is 28.1. The van der Waals surface area contributed by atoms with Crippen molar-refractivity contribution in [3.63, 3.8) is 0 Å². The van der Waals surface area contributed by atoms with Crippen LogP contribution in [-0.4, -0.2) is 59.2 Å². The molecule has 152 valence electrons. The van der Waals surface area contributed by atoms with E-state index in [2.05, 4.69) is 9.97 Å². The normalized spacial score (nSPS) is 18.3. The largest absolute Gasteiger partial charge is 0.357 e. The Labute approximate surface area is 178 Å². The van der Waals surface area contributed by atoms with Crippen molar-refractivity contribution in [3.05, 3.63) is 58.5 Å². The second-order valence-corrected chi connectivity index (χ2v) is 9.50. The maximum Gasteiger partial charge on any atom is 0.253 e. The van der Waals surface area contributed by atoms with Crippen molar-refractivity contribution in [3.8, 4) is 0 Å². The van der Waals surface area contributed by atoms with Crippen LogP contribution in [-0.2, 0) is 10.0 Å². The van der Waals surface area contributed by atoms with Crippen LogP contribution in [0, 0.1) is 0 Å². The summed E-state index contributed by atoms with van der Waals surface area (Å²) in [7, 11) is -3.82. The molecule has 1 N–H and O–H groups in total. The maximum absolute atomic E-state index is 13.3. The smallest absolute Gasteiger partial charge is 0.253 e. The molecule has 0 saturated carbocycles. The lowest BCUT2D eigenvalue weighted by Gasteiger charge is -2.38. The molecule has 1 saturated heterocycles. The standard InChI is InChI=1S/C19H18Cl2N4O3S/c1-12-11-24(19(26)13-5-3-2-4-6-13)7-8-25(12)29(27,28)15-10-22-17-14(15)9-16(20)23-18(17)21/h2-6,9-10,12,22H,7-8,11H2,1H3/t12-/m1/s1. The fourth-order valence-electron chi connectivity index (χ4n) is 3.62. The van der Waals surface area contributed by atoms with Gasteiger partial charge in [0.25, 0.3) is 5.91 Å². The molecule has 1 aliphatic heterocycles. The van der Waals surface area contributed by atoms with Gasteiger partial charge in [-0.25, -0.2) is 13.4 Å². The van der Waals surface area contributed by atoms with E-state index < -0.39 is 10.0 Å². The Morgan fingerprint density at radius 3 is 2.62 bits per heavy atom. The van der Waals surface area contributed by atoms with Gasteiger partial charge in [0, 0.05) is 42.8 Å². The summed E-state index contributed by atoms with van der Waals surface area (Å²) in [5.74, 6) is -0.105. The minimum absolute atomic E-state index is 0.0911. The second-order valence-electron chi connectivity index (χ2n) is 6.89.